The molecule has 0 radical (unpaired) electrons. The van der Waals surface area contributed by atoms with E-state index in [1.807, 2.05) is 97.1 Å². The fourth-order valence-electron chi connectivity index (χ4n) is 4.31. The van der Waals surface area contributed by atoms with Gasteiger partial charge in [0, 0.05) is 20.2 Å². The van der Waals surface area contributed by atoms with Crippen molar-refractivity contribution >= 4 is 11.8 Å². The molecule has 0 saturated carbocycles. The lowest BCUT2D eigenvalue weighted by molar-refractivity contribution is -0.142. The third kappa shape index (κ3) is 7.18. The van der Waals surface area contributed by atoms with Crippen LogP contribution in [0.2, 0.25) is 0 Å². The van der Waals surface area contributed by atoms with E-state index in [4.69, 9.17) is 9.15 Å². The number of hydrogen-bond donors (Lipinski definition) is 0. The molecule has 4 rings (SSSR count). The van der Waals surface area contributed by atoms with Crippen LogP contribution in [-0.2, 0) is 27.4 Å². The highest BCUT2D eigenvalue weighted by atomic mass is 16.5. The van der Waals surface area contributed by atoms with Crippen LogP contribution in [0.25, 0.3) is 0 Å². The van der Waals surface area contributed by atoms with E-state index in [-0.39, 0.29) is 18.4 Å². The van der Waals surface area contributed by atoms with Crippen molar-refractivity contribution < 1.29 is 18.7 Å². The summed E-state index contributed by atoms with van der Waals surface area (Å²) in [5, 5.41) is 0. The van der Waals surface area contributed by atoms with E-state index in [0.717, 1.165) is 16.7 Å². The first-order chi connectivity index (χ1) is 18.2. The summed E-state index contributed by atoms with van der Waals surface area (Å²) >= 11 is 0. The lowest BCUT2D eigenvalue weighted by Gasteiger charge is -2.30. The highest BCUT2D eigenvalue weighted by Crippen LogP contribution is 2.27. The molecule has 2 amide bonds. The zero-order valence-electron chi connectivity index (χ0n) is 21.0. The maximum atomic E-state index is 14.1. The van der Waals surface area contributed by atoms with Crippen molar-refractivity contribution in [1.29, 1.82) is 0 Å². The molecular weight excluding hydrogens is 464 g/mol. The second-order valence-electron chi connectivity index (χ2n) is 8.82. The number of ether oxygens (including phenoxy) is 1. The molecule has 1 heterocycles. The van der Waals surface area contributed by atoms with Gasteiger partial charge in [-0.25, -0.2) is 0 Å². The predicted octanol–water partition coefficient (Wildman–Crippen LogP) is 5.12. The number of carbonyl (C=O) groups excluding carboxylic acids is 2. The summed E-state index contributed by atoms with van der Waals surface area (Å²) in [4.78, 5) is 31.1. The molecule has 3 aromatic carbocycles. The molecule has 37 heavy (non-hydrogen) atoms. The number of rotatable bonds is 12. The van der Waals surface area contributed by atoms with Crippen LogP contribution in [0, 0.1) is 0 Å². The van der Waals surface area contributed by atoms with Crippen molar-refractivity contribution in [2.24, 2.45) is 0 Å². The molecule has 0 spiro atoms. The molecular formula is C31H32N2O4. The van der Waals surface area contributed by atoms with Crippen molar-refractivity contribution in [3.05, 3.63) is 132 Å². The van der Waals surface area contributed by atoms with Crippen LogP contribution in [0.1, 0.15) is 28.4 Å². The molecule has 6 heteroatoms. The number of methoxy groups -OCH3 is 1. The average Bonchev–Trinajstić information content (AvgIpc) is 3.46. The molecule has 0 bridgehead atoms. The van der Waals surface area contributed by atoms with Crippen LogP contribution in [0.4, 0.5) is 0 Å². The first-order valence-electron chi connectivity index (χ1n) is 12.4. The van der Waals surface area contributed by atoms with E-state index < -0.39 is 5.92 Å². The maximum absolute atomic E-state index is 14.1. The lowest BCUT2D eigenvalue weighted by atomic mass is 9.90. The zero-order valence-corrected chi connectivity index (χ0v) is 21.0. The van der Waals surface area contributed by atoms with Gasteiger partial charge in [-0.3, -0.25) is 9.59 Å². The van der Waals surface area contributed by atoms with Crippen LogP contribution in [0.3, 0.4) is 0 Å². The third-order valence-corrected chi connectivity index (χ3v) is 6.21. The Balaban J connectivity index is 1.60. The summed E-state index contributed by atoms with van der Waals surface area (Å²) in [6.45, 7) is 1.29. The molecule has 190 valence electrons. The minimum atomic E-state index is -0.528. The van der Waals surface area contributed by atoms with Crippen LogP contribution in [0.15, 0.2) is 114 Å². The van der Waals surface area contributed by atoms with Gasteiger partial charge >= 0.3 is 0 Å². The molecule has 0 aliphatic rings. The number of nitrogens with zero attached hydrogens (tertiary/aromatic N) is 2. The SMILES string of the molecule is COCCN(CC(=O)N(Cc1ccccc1)Cc1ccco1)C(=O)C(c1ccccc1)c1ccccc1. The second-order valence-corrected chi connectivity index (χ2v) is 8.82. The van der Waals surface area contributed by atoms with E-state index in [2.05, 4.69) is 0 Å². The van der Waals surface area contributed by atoms with Crippen molar-refractivity contribution in [1.82, 2.24) is 9.80 Å². The molecule has 4 aromatic rings. The minimum Gasteiger partial charge on any atom is -0.467 e. The minimum absolute atomic E-state index is 0.0636. The first kappa shape index (κ1) is 25.9. The van der Waals surface area contributed by atoms with Gasteiger partial charge < -0.3 is 19.0 Å². The van der Waals surface area contributed by atoms with Gasteiger partial charge in [-0.2, -0.15) is 0 Å². The number of benzene rings is 3. The molecule has 0 unspecified atom stereocenters. The van der Waals surface area contributed by atoms with Crippen molar-refractivity contribution in [3.8, 4) is 0 Å². The zero-order chi connectivity index (χ0) is 25.9. The molecule has 0 N–H and O–H groups in total. The molecule has 0 aliphatic carbocycles. The number of furan rings is 1. The second kappa shape index (κ2) is 13.2. The maximum Gasteiger partial charge on any atom is 0.242 e. The number of amides is 2. The summed E-state index contributed by atoms with van der Waals surface area (Å²) in [7, 11) is 1.59. The fraction of sp³-hybridized carbons (Fsp3) is 0.226. The Morgan fingerprint density at radius 1 is 0.757 bits per heavy atom. The van der Waals surface area contributed by atoms with Gasteiger partial charge in [0.05, 0.1) is 31.9 Å². The topological polar surface area (TPSA) is 63.0 Å². The molecule has 0 saturated heterocycles. The van der Waals surface area contributed by atoms with Gasteiger partial charge in [0.2, 0.25) is 11.8 Å². The van der Waals surface area contributed by atoms with Crippen molar-refractivity contribution in [3.63, 3.8) is 0 Å². The Morgan fingerprint density at radius 3 is 1.89 bits per heavy atom. The summed E-state index contributed by atoms with van der Waals surface area (Å²) < 4.78 is 10.8. The van der Waals surface area contributed by atoms with E-state index in [1.54, 1.807) is 29.2 Å². The first-order valence-corrected chi connectivity index (χ1v) is 12.4. The van der Waals surface area contributed by atoms with E-state index in [1.165, 1.54) is 0 Å². The Bertz CT molecular complexity index is 1190. The predicted molar refractivity (Wildman–Crippen MR) is 143 cm³/mol. The van der Waals surface area contributed by atoms with Gasteiger partial charge in [0.15, 0.2) is 0 Å². The van der Waals surface area contributed by atoms with Gasteiger partial charge in [-0.1, -0.05) is 91.0 Å². The average molecular weight is 497 g/mol. The van der Waals surface area contributed by atoms with Crippen LogP contribution in [-0.4, -0.2) is 48.4 Å². The van der Waals surface area contributed by atoms with Gasteiger partial charge in [0.1, 0.15) is 5.76 Å². The molecule has 0 fully saturated rings. The van der Waals surface area contributed by atoms with Crippen LogP contribution in [0.5, 0.6) is 0 Å². The molecule has 0 aliphatic heterocycles. The smallest absolute Gasteiger partial charge is 0.242 e. The number of hydrogen-bond acceptors (Lipinski definition) is 4. The van der Waals surface area contributed by atoms with Gasteiger partial charge in [-0.15, -0.1) is 0 Å². The third-order valence-electron chi connectivity index (χ3n) is 6.21. The summed E-state index contributed by atoms with van der Waals surface area (Å²) in [5.74, 6) is -0.143. The van der Waals surface area contributed by atoms with E-state index in [0.29, 0.717) is 32.0 Å². The van der Waals surface area contributed by atoms with Crippen molar-refractivity contribution in [2.45, 2.75) is 19.0 Å². The summed E-state index contributed by atoms with van der Waals surface area (Å²) in [6.07, 6.45) is 1.60. The highest BCUT2D eigenvalue weighted by Gasteiger charge is 2.30. The van der Waals surface area contributed by atoms with Crippen LogP contribution >= 0.6 is 0 Å². The Labute approximate surface area is 218 Å². The Kier molecular flexibility index (Phi) is 9.27. The van der Waals surface area contributed by atoms with Gasteiger partial charge in [0.25, 0.3) is 0 Å². The monoisotopic (exact) mass is 496 g/mol. The molecule has 1 aromatic heterocycles. The largest absolute Gasteiger partial charge is 0.467 e. The molecule has 0 atom stereocenters. The highest BCUT2D eigenvalue weighted by molar-refractivity contribution is 5.91. The standard InChI is InChI=1S/C31H32N2O4/c1-36-21-19-32(31(35)30(26-14-7-3-8-15-26)27-16-9-4-10-17-27)24-29(34)33(23-28-18-11-20-37-28)22-25-12-5-2-6-13-25/h2-18,20,30H,19,21-24H2,1H3. The normalized spacial score (nSPS) is 10.9. The van der Waals surface area contributed by atoms with Gasteiger partial charge in [-0.05, 0) is 28.8 Å². The fourth-order valence-corrected chi connectivity index (χ4v) is 4.31. The van der Waals surface area contributed by atoms with Crippen molar-refractivity contribution in [2.75, 3.05) is 26.8 Å². The molecule has 6 nitrogen and oxygen atoms in total. The quantitative estimate of drug-likeness (QED) is 0.273. The lowest BCUT2D eigenvalue weighted by Crippen LogP contribution is -2.45. The van der Waals surface area contributed by atoms with E-state index in [9.17, 15) is 9.59 Å². The van der Waals surface area contributed by atoms with E-state index >= 15 is 0 Å². The summed E-state index contributed by atoms with van der Waals surface area (Å²) in [6, 6.07) is 32.8. The Hall–Kier alpha value is -4.16. The Morgan fingerprint density at radius 2 is 1.35 bits per heavy atom. The van der Waals surface area contributed by atoms with Crippen LogP contribution < -0.4 is 0 Å². The number of carbonyl (C=O) groups is 2. The summed E-state index contributed by atoms with van der Waals surface area (Å²) in [5.41, 5.74) is 2.76.